The SMILES string of the molecule is CCCCCCCCCCCCNCCCNNC(=O)CC[C@H](N)C(N)=O. The quantitative estimate of drug-likeness (QED) is 0.162. The molecule has 0 rings (SSSR count). The lowest BCUT2D eigenvalue weighted by molar-refractivity contribution is -0.122. The van der Waals surface area contributed by atoms with E-state index in [0.717, 1.165) is 19.5 Å². The van der Waals surface area contributed by atoms with Gasteiger partial charge in [0.2, 0.25) is 11.8 Å². The van der Waals surface area contributed by atoms with E-state index in [1.807, 2.05) is 0 Å². The predicted molar refractivity (Wildman–Crippen MR) is 112 cm³/mol. The van der Waals surface area contributed by atoms with E-state index in [1.54, 1.807) is 0 Å². The molecule has 0 spiro atoms. The van der Waals surface area contributed by atoms with Crippen LogP contribution in [-0.2, 0) is 9.59 Å². The van der Waals surface area contributed by atoms with Gasteiger partial charge in [0.05, 0.1) is 6.04 Å². The second-order valence-corrected chi connectivity index (χ2v) is 7.31. The number of hydrogen-bond donors (Lipinski definition) is 5. The van der Waals surface area contributed by atoms with Crippen LogP contribution in [0.5, 0.6) is 0 Å². The molecule has 2 amide bonds. The van der Waals surface area contributed by atoms with Crippen molar-refractivity contribution in [3.63, 3.8) is 0 Å². The van der Waals surface area contributed by atoms with Gasteiger partial charge in [-0.2, -0.15) is 0 Å². The first kappa shape index (κ1) is 25.8. The third-order valence-corrected chi connectivity index (χ3v) is 4.64. The molecule has 0 aromatic heterocycles. The third kappa shape index (κ3) is 19.4. The van der Waals surface area contributed by atoms with Crippen molar-refractivity contribution in [3.8, 4) is 0 Å². The molecule has 0 heterocycles. The molecule has 0 unspecified atom stereocenters. The molecule has 0 bridgehead atoms. The lowest BCUT2D eigenvalue weighted by Crippen LogP contribution is -2.41. The molecule has 0 aromatic carbocycles. The van der Waals surface area contributed by atoms with E-state index in [9.17, 15) is 9.59 Å². The highest BCUT2D eigenvalue weighted by Crippen LogP contribution is 2.10. The van der Waals surface area contributed by atoms with Gasteiger partial charge in [0.1, 0.15) is 0 Å². The monoisotopic (exact) mass is 385 g/mol. The Morgan fingerprint density at radius 2 is 1.37 bits per heavy atom. The molecular formula is C20H43N5O2. The Bertz CT molecular complexity index is 366. The van der Waals surface area contributed by atoms with Crippen LogP contribution in [0, 0.1) is 0 Å². The first-order valence-electron chi connectivity index (χ1n) is 10.8. The maximum absolute atomic E-state index is 11.5. The smallest absolute Gasteiger partial charge is 0.234 e. The number of amides is 2. The molecule has 0 aliphatic heterocycles. The Hall–Kier alpha value is -1.18. The molecule has 7 heteroatoms. The number of hydrazine groups is 1. The van der Waals surface area contributed by atoms with Crippen molar-refractivity contribution in [1.29, 1.82) is 0 Å². The molecule has 0 radical (unpaired) electrons. The van der Waals surface area contributed by atoms with E-state index in [1.165, 1.54) is 64.2 Å². The zero-order valence-corrected chi connectivity index (χ0v) is 17.4. The van der Waals surface area contributed by atoms with E-state index in [4.69, 9.17) is 11.5 Å². The van der Waals surface area contributed by atoms with Crippen molar-refractivity contribution in [3.05, 3.63) is 0 Å². The number of nitrogens with one attached hydrogen (secondary N) is 3. The van der Waals surface area contributed by atoms with Crippen molar-refractivity contribution >= 4 is 11.8 Å². The van der Waals surface area contributed by atoms with Gasteiger partial charge in [-0.3, -0.25) is 15.0 Å². The molecule has 0 aliphatic rings. The standard InChI is InChI=1S/C20H43N5O2/c1-2-3-4-5-6-7-8-9-10-11-15-23-16-12-17-24-25-19(26)14-13-18(21)20(22)27/h18,23-24H,2-17,21H2,1H3,(H2,22,27)(H,25,26)/t18-/m0/s1. The molecule has 27 heavy (non-hydrogen) atoms. The van der Waals surface area contributed by atoms with Crippen molar-refractivity contribution in [2.75, 3.05) is 19.6 Å². The number of nitrogens with two attached hydrogens (primary N) is 2. The van der Waals surface area contributed by atoms with Gasteiger partial charge in [0.15, 0.2) is 0 Å². The predicted octanol–water partition coefficient (Wildman–Crippen LogP) is 2.10. The minimum Gasteiger partial charge on any atom is -0.368 e. The van der Waals surface area contributed by atoms with Crippen molar-refractivity contribution < 1.29 is 9.59 Å². The average molecular weight is 386 g/mol. The summed E-state index contributed by atoms with van der Waals surface area (Å²) in [5.74, 6) is -0.755. The Kier molecular flexibility index (Phi) is 18.7. The van der Waals surface area contributed by atoms with Crippen LogP contribution >= 0.6 is 0 Å². The van der Waals surface area contributed by atoms with Crippen LogP contribution in [0.25, 0.3) is 0 Å². The molecule has 0 saturated carbocycles. The second kappa shape index (κ2) is 19.6. The summed E-state index contributed by atoms with van der Waals surface area (Å²) in [6, 6.07) is -0.759. The number of primary amides is 1. The van der Waals surface area contributed by atoms with Crippen molar-refractivity contribution in [2.45, 2.75) is 96.4 Å². The summed E-state index contributed by atoms with van der Waals surface area (Å²) in [6.45, 7) is 4.97. The summed E-state index contributed by atoms with van der Waals surface area (Å²) >= 11 is 0. The lowest BCUT2D eigenvalue weighted by Gasteiger charge is -2.09. The molecule has 7 nitrogen and oxygen atoms in total. The topological polar surface area (TPSA) is 122 Å². The van der Waals surface area contributed by atoms with E-state index in [-0.39, 0.29) is 18.7 Å². The molecule has 0 aliphatic carbocycles. The van der Waals surface area contributed by atoms with Gasteiger partial charge >= 0.3 is 0 Å². The van der Waals surface area contributed by atoms with Crippen molar-refractivity contribution in [2.24, 2.45) is 11.5 Å². The van der Waals surface area contributed by atoms with E-state index in [0.29, 0.717) is 6.54 Å². The average Bonchev–Trinajstić information content (AvgIpc) is 2.65. The first-order valence-corrected chi connectivity index (χ1v) is 10.8. The summed E-state index contributed by atoms with van der Waals surface area (Å²) in [5, 5.41) is 3.43. The lowest BCUT2D eigenvalue weighted by atomic mass is 10.1. The number of carbonyl (C=O) groups is 2. The minimum atomic E-state index is -0.759. The summed E-state index contributed by atoms with van der Waals surface area (Å²) in [4.78, 5) is 22.3. The number of rotatable bonds is 20. The minimum absolute atomic E-state index is 0.176. The largest absolute Gasteiger partial charge is 0.368 e. The molecule has 160 valence electrons. The van der Waals surface area contributed by atoms with Crippen LogP contribution in [0.3, 0.4) is 0 Å². The van der Waals surface area contributed by atoms with E-state index < -0.39 is 11.9 Å². The van der Waals surface area contributed by atoms with Gasteiger partial charge in [-0.05, 0) is 32.4 Å². The normalized spacial score (nSPS) is 12.1. The molecule has 0 fully saturated rings. The number of hydrogen-bond acceptors (Lipinski definition) is 5. The van der Waals surface area contributed by atoms with Gasteiger partial charge in [0, 0.05) is 13.0 Å². The van der Waals surface area contributed by atoms with Crippen LogP contribution in [0.4, 0.5) is 0 Å². The molecule has 7 N–H and O–H groups in total. The summed E-state index contributed by atoms with van der Waals surface area (Å²) < 4.78 is 0. The summed E-state index contributed by atoms with van der Waals surface area (Å²) in [6.07, 6.45) is 15.0. The van der Waals surface area contributed by atoms with Crippen molar-refractivity contribution in [1.82, 2.24) is 16.2 Å². The second-order valence-electron chi connectivity index (χ2n) is 7.31. The van der Waals surface area contributed by atoms with Gasteiger partial charge in [-0.15, -0.1) is 0 Å². The van der Waals surface area contributed by atoms with Crippen LogP contribution in [0.2, 0.25) is 0 Å². The van der Waals surface area contributed by atoms with E-state index >= 15 is 0 Å². The third-order valence-electron chi connectivity index (χ3n) is 4.64. The molecule has 1 atom stereocenters. The molecule has 0 saturated heterocycles. The van der Waals surface area contributed by atoms with Crippen LogP contribution in [-0.4, -0.2) is 37.5 Å². The summed E-state index contributed by atoms with van der Waals surface area (Å²) in [7, 11) is 0. The Balaban J connectivity index is 3.18. The Morgan fingerprint density at radius 1 is 0.815 bits per heavy atom. The number of carbonyl (C=O) groups excluding carboxylic acids is 2. The number of unbranched alkanes of at least 4 members (excludes halogenated alkanes) is 9. The fourth-order valence-electron chi connectivity index (χ4n) is 2.82. The highest BCUT2D eigenvalue weighted by atomic mass is 16.2. The fourth-order valence-corrected chi connectivity index (χ4v) is 2.82. The van der Waals surface area contributed by atoms with Gasteiger partial charge in [0.25, 0.3) is 0 Å². The van der Waals surface area contributed by atoms with Gasteiger partial charge in [-0.1, -0.05) is 64.7 Å². The van der Waals surface area contributed by atoms with Gasteiger partial charge < -0.3 is 16.8 Å². The summed E-state index contributed by atoms with van der Waals surface area (Å²) in [5.41, 5.74) is 16.0. The molecular weight excluding hydrogens is 342 g/mol. The Labute approximate surface area is 165 Å². The van der Waals surface area contributed by atoms with E-state index in [2.05, 4.69) is 23.1 Å². The van der Waals surface area contributed by atoms with Crippen LogP contribution in [0.15, 0.2) is 0 Å². The Morgan fingerprint density at radius 3 is 1.96 bits per heavy atom. The zero-order chi connectivity index (χ0) is 20.2. The molecule has 0 aromatic rings. The highest BCUT2D eigenvalue weighted by molar-refractivity contribution is 5.81. The maximum atomic E-state index is 11.5. The van der Waals surface area contributed by atoms with Crippen LogP contribution < -0.4 is 27.6 Å². The van der Waals surface area contributed by atoms with Gasteiger partial charge in [-0.25, -0.2) is 5.43 Å². The highest BCUT2D eigenvalue weighted by Gasteiger charge is 2.11. The maximum Gasteiger partial charge on any atom is 0.234 e. The first-order chi connectivity index (χ1) is 13.1. The fraction of sp³-hybridized carbons (Fsp3) is 0.900. The zero-order valence-electron chi connectivity index (χ0n) is 17.4. The van der Waals surface area contributed by atoms with Crippen LogP contribution in [0.1, 0.15) is 90.4 Å².